The molecule has 2 saturated heterocycles. The summed E-state index contributed by atoms with van der Waals surface area (Å²) in [4.78, 5) is 22.4. The van der Waals surface area contributed by atoms with Crippen molar-refractivity contribution < 1.29 is 18.4 Å². The van der Waals surface area contributed by atoms with Crippen LogP contribution in [0.1, 0.15) is 36.0 Å². The summed E-state index contributed by atoms with van der Waals surface area (Å²) in [6.45, 7) is 2.61. The van der Waals surface area contributed by atoms with Gasteiger partial charge in [-0.05, 0) is 54.0 Å². The molecule has 2 aliphatic rings. The van der Waals surface area contributed by atoms with Crippen LogP contribution in [0.3, 0.4) is 0 Å². The molecule has 2 fully saturated rings. The van der Waals surface area contributed by atoms with Crippen molar-refractivity contribution in [2.24, 2.45) is 5.41 Å². The third kappa shape index (κ3) is 4.24. The maximum atomic E-state index is 13.3. The third-order valence-electron chi connectivity index (χ3n) is 7.25. The third-order valence-corrected chi connectivity index (χ3v) is 9.15. The molecule has 34 heavy (non-hydrogen) atoms. The van der Waals surface area contributed by atoms with Crippen LogP contribution < -0.4 is 10.4 Å². The van der Waals surface area contributed by atoms with Gasteiger partial charge in [0.2, 0.25) is 16.0 Å². The zero-order chi connectivity index (χ0) is 23.8. The highest BCUT2D eigenvalue weighted by molar-refractivity contribution is 7.89. The minimum Gasteiger partial charge on any atom is -0.341 e. The Morgan fingerprint density at radius 3 is 2.18 bits per heavy atom. The van der Waals surface area contributed by atoms with Gasteiger partial charge in [0.05, 0.1) is 10.5 Å². The summed E-state index contributed by atoms with van der Waals surface area (Å²) in [5, 5.41) is 10.7. The Bertz CT molecular complexity index is 1290. The molecule has 0 radical (unpaired) electrons. The monoisotopic (exact) mass is 481 g/mol. The van der Waals surface area contributed by atoms with Gasteiger partial charge in [0, 0.05) is 38.6 Å². The van der Waals surface area contributed by atoms with E-state index in [4.69, 9.17) is 5.21 Å². The average Bonchev–Trinajstić information content (AvgIpc) is 2.89. The Hall–Kier alpha value is -3.08. The van der Waals surface area contributed by atoms with E-state index in [1.165, 1.54) is 12.4 Å². The predicted molar refractivity (Wildman–Crippen MR) is 127 cm³/mol. The first-order valence-electron chi connectivity index (χ1n) is 11.4. The number of benzene rings is 2. The number of amides is 1. The highest BCUT2D eigenvalue weighted by Crippen LogP contribution is 2.42. The molecule has 1 amide bonds. The Morgan fingerprint density at radius 1 is 0.912 bits per heavy atom. The number of aromatic nitrogens is 2. The summed E-state index contributed by atoms with van der Waals surface area (Å²) in [6.07, 6.45) is 6.36. The molecule has 0 bridgehead atoms. The van der Waals surface area contributed by atoms with E-state index in [0.717, 1.165) is 49.5 Å². The van der Waals surface area contributed by atoms with Crippen molar-refractivity contribution in [1.29, 1.82) is 0 Å². The topological polar surface area (TPSA) is 116 Å². The van der Waals surface area contributed by atoms with Gasteiger partial charge in [0.25, 0.3) is 5.91 Å². The van der Waals surface area contributed by atoms with Crippen LogP contribution in [0, 0.1) is 5.41 Å². The quantitative estimate of drug-likeness (QED) is 0.435. The lowest BCUT2D eigenvalue weighted by Gasteiger charge is -2.46. The van der Waals surface area contributed by atoms with Crippen LogP contribution in [0.25, 0.3) is 10.8 Å². The van der Waals surface area contributed by atoms with Gasteiger partial charge in [0.1, 0.15) is 0 Å². The van der Waals surface area contributed by atoms with Gasteiger partial charge in [-0.3, -0.25) is 10.0 Å². The van der Waals surface area contributed by atoms with Crippen LogP contribution in [0.4, 0.5) is 5.95 Å². The lowest BCUT2D eigenvalue weighted by Crippen LogP contribution is -2.48. The van der Waals surface area contributed by atoms with Gasteiger partial charge in [-0.1, -0.05) is 30.3 Å². The zero-order valence-corrected chi connectivity index (χ0v) is 19.5. The highest BCUT2D eigenvalue weighted by atomic mass is 32.2. The Kier molecular flexibility index (Phi) is 5.97. The number of nitrogens with zero attached hydrogens (tertiary/aromatic N) is 4. The number of nitrogens with one attached hydrogen (secondary N) is 1. The van der Waals surface area contributed by atoms with E-state index in [0.29, 0.717) is 23.9 Å². The first kappa shape index (κ1) is 22.7. The van der Waals surface area contributed by atoms with E-state index < -0.39 is 15.9 Å². The molecule has 2 aromatic carbocycles. The number of anilines is 1. The van der Waals surface area contributed by atoms with Gasteiger partial charge < -0.3 is 4.90 Å². The van der Waals surface area contributed by atoms with Gasteiger partial charge in [0.15, 0.2) is 0 Å². The lowest BCUT2D eigenvalue weighted by molar-refractivity contribution is 0.0705. The van der Waals surface area contributed by atoms with Gasteiger partial charge in [-0.2, -0.15) is 4.31 Å². The molecule has 178 valence electrons. The number of piperidine rings is 2. The second kappa shape index (κ2) is 8.94. The SMILES string of the molecule is O=C(NO)c1cnc(N2CCC3(CC2)CCN(S(=O)(=O)c2ccc4ccccc4c2)CC3)nc1. The summed E-state index contributed by atoms with van der Waals surface area (Å²) in [7, 11) is -3.52. The first-order valence-corrected chi connectivity index (χ1v) is 12.8. The molecular weight excluding hydrogens is 454 g/mol. The highest BCUT2D eigenvalue weighted by Gasteiger charge is 2.41. The van der Waals surface area contributed by atoms with Crippen LogP contribution in [-0.4, -0.2) is 60.0 Å². The van der Waals surface area contributed by atoms with Crippen molar-refractivity contribution in [3.63, 3.8) is 0 Å². The minimum atomic E-state index is -3.52. The number of carbonyl (C=O) groups excluding carboxylic acids is 1. The van der Waals surface area contributed by atoms with Gasteiger partial charge in [-0.15, -0.1) is 0 Å². The van der Waals surface area contributed by atoms with E-state index in [-0.39, 0.29) is 11.0 Å². The fourth-order valence-corrected chi connectivity index (χ4v) is 6.50. The van der Waals surface area contributed by atoms with E-state index in [9.17, 15) is 13.2 Å². The molecule has 5 rings (SSSR count). The van der Waals surface area contributed by atoms with Crippen LogP contribution in [-0.2, 0) is 10.0 Å². The van der Waals surface area contributed by atoms with Crippen molar-refractivity contribution in [3.8, 4) is 0 Å². The van der Waals surface area contributed by atoms with Crippen LogP contribution in [0.2, 0.25) is 0 Å². The Labute approximate surface area is 198 Å². The number of sulfonamides is 1. The molecule has 1 spiro atoms. The van der Waals surface area contributed by atoms with Gasteiger partial charge in [-0.25, -0.2) is 23.9 Å². The van der Waals surface area contributed by atoms with E-state index in [1.54, 1.807) is 21.9 Å². The molecule has 2 aliphatic heterocycles. The van der Waals surface area contributed by atoms with Crippen LogP contribution in [0.5, 0.6) is 0 Å². The number of hydrogen-bond acceptors (Lipinski definition) is 7. The van der Waals surface area contributed by atoms with Crippen LogP contribution in [0.15, 0.2) is 59.8 Å². The number of hydrogen-bond donors (Lipinski definition) is 2. The largest absolute Gasteiger partial charge is 0.341 e. The van der Waals surface area contributed by atoms with E-state index in [2.05, 4.69) is 14.9 Å². The van der Waals surface area contributed by atoms with E-state index >= 15 is 0 Å². The molecule has 1 aromatic heterocycles. The second-order valence-electron chi connectivity index (χ2n) is 9.11. The Morgan fingerprint density at radius 2 is 1.53 bits per heavy atom. The van der Waals surface area contributed by atoms with Gasteiger partial charge >= 0.3 is 0 Å². The normalized spacial score (nSPS) is 18.8. The molecule has 3 aromatic rings. The molecule has 2 N–H and O–H groups in total. The molecule has 0 saturated carbocycles. The lowest BCUT2D eigenvalue weighted by atomic mass is 9.71. The zero-order valence-electron chi connectivity index (χ0n) is 18.7. The smallest absolute Gasteiger partial charge is 0.277 e. The van der Waals surface area contributed by atoms with Crippen LogP contribution >= 0.6 is 0 Å². The summed E-state index contributed by atoms with van der Waals surface area (Å²) < 4.78 is 28.2. The van der Waals surface area contributed by atoms with Crippen molar-refractivity contribution in [1.82, 2.24) is 19.8 Å². The number of fused-ring (bicyclic) bond motifs is 1. The standard InChI is InChI=1S/C24H27N5O4S/c30-22(27-31)20-16-25-23(26-17-20)28-11-7-24(8-12-28)9-13-29(14-10-24)34(32,33)21-6-5-18-3-1-2-4-19(18)15-21/h1-6,15-17,31H,7-14H2,(H,27,30). The minimum absolute atomic E-state index is 0.128. The summed E-state index contributed by atoms with van der Waals surface area (Å²) in [5.74, 6) is -0.0878. The maximum Gasteiger partial charge on any atom is 0.277 e. The van der Waals surface area contributed by atoms with Crippen molar-refractivity contribution in [2.45, 2.75) is 30.6 Å². The summed E-state index contributed by atoms with van der Waals surface area (Å²) in [5.41, 5.74) is 1.89. The summed E-state index contributed by atoms with van der Waals surface area (Å²) >= 11 is 0. The number of rotatable bonds is 4. The molecule has 0 atom stereocenters. The second-order valence-corrected chi connectivity index (χ2v) is 11.1. The molecule has 3 heterocycles. The van der Waals surface area contributed by atoms with E-state index in [1.807, 2.05) is 30.3 Å². The average molecular weight is 482 g/mol. The maximum absolute atomic E-state index is 13.3. The van der Waals surface area contributed by atoms with Crippen molar-refractivity contribution >= 4 is 32.7 Å². The molecular formula is C24H27N5O4S. The molecule has 0 unspecified atom stereocenters. The first-order chi connectivity index (χ1) is 16.4. The molecule has 10 heteroatoms. The number of carbonyl (C=O) groups is 1. The number of hydroxylamine groups is 1. The fraction of sp³-hybridized carbons (Fsp3) is 0.375. The molecule has 9 nitrogen and oxygen atoms in total. The molecule has 0 aliphatic carbocycles. The fourth-order valence-electron chi connectivity index (χ4n) is 5.03. The van der Waals surface area contributed by atoms with Crippen molar-refractivity contribution in [2.75, 3.05) is 31.1 Å². The summed E-state index contributed by atoms with van der Waals surface area (Å²) in [6, 6.07) is 13.1. The Balaban J connectivity index is 1.21. The van der Waals surface area contributed by atoms with Crippen molar-refractivity contribution in [3.05, 3.63) is 60.4 Å². The predicted octanol–water partition coefficient (Wildman–Crippen LogP) is 2.82.